The maximum Gasteiger partial charge on any atom is 0.339 e. The summed E-state index contributed by atoms with van der Waals surface area (Å²) in [5.74, 6) is 0. The summed E-state index contributed by atoms with van der Waals surface area (Å²) in [6.07, 6.45) is 2.11. The zero-order valence-electron chi connectivity index (χ0n) is 15.5. The first kappa shape index (κ1) is 19.8. The first-order valence-corrected chi connectivity index (χ1v) is 10.3. The van der Waals surface area contributed by atoms with Crippen LogP contribution in [0.25, 0.3) is 0 Å². The van der Waals surface area contributed by atoms with E-state index in [1.54, 1.807) is 18.0 Å². The number of nitrogens with zero attached hydrogens (tertiary/aromatic N) is 3. The Morgan fingerprint density at radius 3 is 2.48 bits per heavy atom. The van der Waals surface area contributed by atoms with Crippen molar-refractivity contribution >= 4 is 40.6 Å². The number of hydrogen-bond donors (Lipinski definition) is 1. The van der Waals surface area contributed by atoms with E-state index < -0.39 is 0 Å². The Bertz CT molecular complexity index is 780. The van der Waals surface area contributed by atoms with Crippen LogP contribution >= 0.6 is 23.5 Å². The first-order chi connectivity index (χ1) is 13.1. The van der Waals surface area contributed by atoms with Gasteiger partial charge in [-0.1, -0.05) is 35.7 Å². The number of rotatable bonds is 7. The molecule has 1 heterocycles. The Morgan fingerprint density at radius 2 is 1.85 bits per heavy atom. The molecule has 1 saturated heterocycles. The normalized spacial score (nSPS) is 14.9. The van der Waals surface area contributed by atoms with E-state index in [9.17, 15) is 4.91 Å². The van der Waals surface area contributed by atoms with E-state index in [1.165, 1.54) is 7.11 Å². The van der Waals surface area contributed by atoms with Gasteiger partial charge in [-0.3, -0.25) is 0 Å². The number of halogens is 1. The van der Waals surface area contributed by atoms with Gasteiger partial charge in [0, 0.05) is 49.5 Å². The van der Waals surface area contributed by atoms with Crippen molar-refractivity contribution in [2.45, 2.75) is 6.54 Å². The van der Waals surface area contributed by atoms with E-state index in [0.29, 0.717) is 22.2 Å². The highest BCUT2D eigenvalue weighted by Crippen LogP contribution is 2.31. The largest absolute Gasteiger partial charge is 0.375 e. The summed E-state index contributed by atoms with van der Waals surface area (Å²) >= 11 is 7.73. The van der Waals surface area contributed by atoms with E-state index in [2.05, 4.69) is 20.8 Å². The van der Waals surface area contributed by atoms with Crippen molar-refractivity contribution < 1.29 is 9.76 Å². The number of benzene rings is 2. The van der Waals surface area contributed by atoms with Crippen molar-refractivity contribution in [1.29, 1.82) is 0 Å². The Hall–Kier alpha value is -1.96. The predicted octanol–water partition coefficient (Wildman–Crippen LogP) is 4.32. The van der Waals surface area contributed by atoms with Crippen LogP contribution < -0.4 is 10.2 Å². The lowest BCUT2D eigenvalue weighted by Crippen LogP contribution is -2.43. The molecule has 27 heavy (non-hydrogen) atoms. The van der Waals surface area contributed by atoms with Gasteiger partial charge in [0.2, 0.25) is 0 Å². The molecule has 0 aliphatic carbocycles. The van der Waals surface area contributed by atoms with Gasteiger partial charge < -0.3 is 10.2 Å². The number of piperazine rings is 1. The number of anilines is 2. The molecule has 1 aliphatic rings. The van der Waals surface area contributed by atoms with Crippen LogP contribution in [0.2, 0.25) is 5.02 Å². The maximum atomic E-state index is 12.1. The molecule has 0 radical (unpaired) electrons. The molecule has 1 aliphatic heterocycles. The van der Waals surface area contributed by atoms with Crippen LogP contribution in [0.3, 0.4) is 0 Å². The van der Waals surface area contributed by atoms with Crippen LogP contribution in [-0.2, 0) is 11.4 Å². The lowest BCUT2D eigenvalue weighted by atomic mass is 10.2. The standard InChI is InChI=1S/C19H24ClN4O2S/c1-26-24(25)19-8-7-17(22-9-11-23(27-2)12-10-22)13-18(19)21-14-15-3-5-16(20)6-4-15/h3-8,13,21H,9-12,14H2,1-2H3/q+1. The Kier molecular flexibility index (Phi) is 6.82. The van der Waals surface area contributed by atoms with E-state index in [4.69, 9.17) is 16.4 Å². The fraction of sp³-hybridized carbons (Fsp3) is 0.368. The lowest BCUT2D eigenvalue weighted by Gasteiger charge is -2.34. The van der Waals surface area contributed by atoms with E-state index >= 15 is 0 Å². The SMILES string of the molecule is CO[N+](=O)c1ccc(N2CCN(SC)CC2)cc1NCc1ccc(Cl)cc1. The molecule has 0 bridgehead atoms. The first-order valence-electron chi connectivity index (χ1n) is 8.78. The third kappa shape index (κ3) is 5.06. The molecule has 0 aromatic heterocycles. The third-order valence-electron chi connectivity index (χ3n) is 4.60. The second-order valence-corrected chi connectivity index (χ2v) is 7.54. The van der Waals surface area contributed by atoms with E-state index in [-0.39, 0.29) is 0 Å². The molecule has 0 saturated carbocycles. The Labute approximate surface area is 169 Å². The molecule has 144 valence electrons. The molecule has 1 fully saturated rings. The zero-order chi connectivity index (χ0) is 19.2. The Morgan fingerprint density at radius 1 is 1.15 bits per heavy atom. The van der Waals surface area contributed by atoms with E-state index in [1.807, 2.05) is 36.4 Å². The summed E-state index contributed by atoms with van der Waals surface area (Å²) in [7, 11) is 1.37. The summed E-state index contributed by atoms with van der Waals surface area (Å²) in [5, 5.41) is 4.06. The van der Waals surface area contributed by atoms with Gasteiger partial charge in [0.1, 0.15) is 5.69 Å². The summed E-state index contributed by atoms with van der Waals surface area (Å²) in [6, 6.07) is 13.4. The molecular formula is C19H24ClN4O2S+. The van der Waals surface area contributed by atoms with Crippen molar-refractivity contribution in [3.05, 3.63) is 58.0 Å². The van der Waals surface area contributed by atoms with Crippen molar-refractivity contribution in [2.75, 3.05) is 49.8 Å². The van der Waals surface area contributed by atoms with Crippen LogP contribution in [0.4, 0.5) is 17.1 Å². The van der Waals surface area contributed by atoms with Gasteiger partial charge in [-0.05, 0) is 36.1 Å². The maximum absolute atomic E-state index is 12.1. The van der Waals surface area contributed by atoms with Crippen molar-refractivity contribution in [1.82, 2.24) is 4.31 Å². The number of hydrogen-bond acceptors (Lipinski definition) is 6. The molecule has 3 rings (SSSR count). The highest BCUT2D eigenvalue weighted by atomic mass is 35.5. The molecular weight excluding hydrogens is 384 g/mol. The van der Waals surface area contributed by atoms with Crippen molar-refractivity contribution in [3.63, 3.8) is 0 Å². The average Bonchev–Trinajstić information content (AvgIpc) is 2.72. The van der Waals surface area contributed by atoms with Crippen LogP contribution in [0.1, 0.15) is 5.56 Å². The van der Waals surface area contributed by atoms with Gasteiger partial charge in [0.05, 0.1) is 4.91 Å². The van der Waals surface area contributed by atoms with Crippen LogP contribution in [0.15, 0.2) is 42.5 Å². The van der Waals surface area contributed by atoms with Crippen molar-refractivity contribution in [3.8, 4) is 0 Å². The summed E-state index contributed by atoms with van der Waals surface area (Å²) < 4.78 is 2.36. The fourth-order valence-electron chi connectivity index (χ4n) is 3.05. The quantitative estimate of drug-likeness (QED) is 0.544. The van der Waals surface area contributed by atoms with Crippen LogP contribution in [0, 0.1) is 4.91 Å². The minimum Gasteiger partial charge on any atom is -0.375 e. The molecule has 0 spiro atoms. The highest BCUT2D eigenvalue weighted by Gasteiger charge is 2.23. The second kappa shape index (κ2) is 9.30. The van der Waals surface area contributed by atoms with Gasteiger partial charge in [-0.25, -0.2) is 9.14 Å². The van der Waals surface area contributed by atoms with Crippen molar-refractivity contribution in [2.24, 2.45) is 0 Å². The van der Waals surface area contributed by atoms with Gasteiger partial charge in [0.25, 0.3) is 4.92 Å². The molecule has 6 nitrogen and oxygen atoms in total. The summed E-state index contributed by atoms with van der Waals surface area (Å²) in [6.45, 7) is 4.54. The molecule has 0 atom stereocenters. The molecule has 1 N–H and O–H groups in total. The third-order valence-corrected chi connectivity index (χ3v) is 5.73. The van der Waals surface area contributed by atoms with Gasteiger partial charge in [-0.15, -0.1) is 0 Å². The molecule has 8 heteroatoms. The minimum atomic E-state index is 0.456. The summed E-state index contributed by atoms with van der Waals surface area (Å²) in [4.78, 5) is 19.8. The van der Waals surface area contributed by atoms with E-state index in [0.717, 1.165) is 43.1 Å². The monoisotopic (exact) mass is 407 g/mol. The highest BCUT2D eigenvalue weighted by molar-refractivity contribution is 7.96. The molecule has 0 unspecified atom stereocenters. The van der Waals surface area contributed by atoms with Gasteiger partial charge in [0.15, 0.2) is 7.11 Å². The fourth-order valence-corrected chi connectivity index (χ4v) is 3.70. The molecule has 2 aromatic carbocycles. The smallest absolute Gasteiger partial charge is 0.339 e. The topological polar surface area (TPSA) is 47.8 Å². The minimum absolute atomic E-state index is 0.456. The Balaban J connectivity index is 1.78. The average molecular weight is 408 g/mol. The van der Waals surface area contributed by atoms with Gasteiger partial charge in [-0.2, -0.15) is 0 Å². The number of nitrogens with one attached hydrogen (secondary N) is 1. The summed E-state index contributed by atoms with van der Waals surface area (Å²) in [5.41, 5.74) is 3.38. The predicted molar refractivity (Wildman–Crippen MR) is 113 cm³/mol. The molecule has 0 amide bonds. The second-order valence-electron chi connectivity index (χ2n) is 6.22. The van der Waals surface area contributed by atoms with Gasteiger partial charge >= 0.3 is 5.69 Å². The van der Waals surface area contributed by atoms with Crippen LogP contribution in [0.5, 0.6) is 0 Å². The van der Waals surface area contributed by atoms with Crippen LogP contribution in [-0.4, -0.2) is 48.8 Å². The zero-order valence-corrected chi connectivity index (χ0v) is 17.1. The molecule has 2 aromatic rings. The lowest BCUT2D eigenvalue weighted by molar-refractivity contribution is -0.736.